The average Bonchev–Trinajstić information content (AvgIpc) is 2.85. The van der Waals surface area contributed by atoms with Crippen molar-refractivity contribution in [2.24, 2.45) is 0 Å². The molecular formula is C12H8Cl2N4O. The van der Waals surface area contributed by atoms with Crippen LogP contribution in [-0.2, 0) is 6.61 Å². The van der Waals surface area contributed by atoms with Crippen molar-refractivity contribution in [3.8, 4) is 5.88 Å². The van der Waals surface area contributed by atoms with Crippen molar-refractivity contribution < 1.29 is 4.74 Å². The van der Waals surface area contributed by atoms with Crippen molar-refractivity contribution >= 4 is 29.0 Å². The largest absolute Gasteiger partial charge is 0.473 e. The zero-order chi connectivity index (χ0) is 13.2. The summed E-state index contributed by atoms with van der Waals surface area (Å²) in [5.41, 5.74) is 0.880. The third-order valence-electron chi connectivity index (χ3n) is 2.52. The molecule has 2 heterocycles. The van der Waals surface area contributed by atoms with E-state index < -0.39 is 0 Å². The fourth-order valence-electron chi connectivity index (χ4n) is 1.63. The lowest BCUT2D eigenvalue weighted by Gasteiger charge is -2.08. The van der Waals surface area contributed by atoms with Crippen molar-refractivity contribution in [1.29, 1.82) is 0 Å². The lowest BCUT2D eigenvalue weighted by atomic mass is 10.2. The monoisotopic (exact) mass is 294 g/mol. The fraction of sp³-hybridized carbons (Fsp3) is 0.0833. The Morgan fingerprint density at radius 3 is 2.89 bits per heavy atom. The standard InChI is InChI=1S/C12H8Cl2N4O/c13-9-4-2-1-3-8(9)6-19-11-5-10(14)17-12-15-7-16-18(11)12/h1-5,7H,6H2. The van der Waals surface area contributed by atoms with E-state index in [4.69, 9.17) is 27.9 Å². The van der Waals surface area contributed by atoms with Crippen LogP contribution in [0.4, 0.5) is 0 Å². The Bertz CT molecular complexity index is 729. The molecule has 3 aromatic rings. The van der Waals surface area contributed by atoms with E-state index >= 15 is 0 Å². The highest BCUT2D eigenvalue weighted by molar-refractivity contribution is 6.31. The van der Waals surface area contributed by atoms with Gasteiger partial charge in [0.2, 0.25) is 5.88 Å². The molecule has 19 heavy (non-hydrogen) atoms. The first-order valence-electron chi connectivity index (χ1n) is 5.46. The Balaban J connectivity index is 1.90. The number of fused-ring (bicyclic) bond motifs is 1. The van der Waals surface area contributed by atoms with Crippen molar-refractivity contribution in [2.45, 2.75) is 6.61 Å². The van der Waals surface area contributed by atoms with Gasteiger partial charge in [0, 0.05) is 16.7 Å². The Hall–Kier alpha value is -1.85. The molecule has 0 radical (unpaired) electrons. The molecule has 5 nitrogen and oxygen atoms in total. The highest BCUT2D eigenvalue weighted by atomic mass is 35.5. The SMILES string of the molecule is Clc1cc(OCc2ccccc2Cl)n2ncnc2n1. The number of rotatable bonds is 3. The van der Waals surface area contributed by atoms with Gasteiger partial charge in [0.1, 0.15) is 18.1 Å². The maximum absolute atomic E-state index is 6.07. The Kier molecular flexibility index (Phi) is 3.23. The summed E-state index contributed by atoms with van der Waals surface area (Å²) >= 11 is 12.0. The summed E-state index contributed by atoms with van der Waals surface area (Å²) in [6.45, 7) is 0.314. The summed E-state index contributed by atoms with van der Waals surface area (Å²) in [5, 5.41) is 4.97. The lowest BCUT2D eigenvalue weighted by molar-refractivity contribution is 0.285. The third-order valence-corrected chi connectivity index (χ3v) is 3.08. The van der Waals surface area contributed by atoms with Crippen LogP contribution < -0.4 is 4.74 Å². The molecule has 1 aromatic carbocycles. The van der Waals surface area contributed by atoms with Gasteiger partial charge in [-0.05, 0) is 6.07 Å². The smallest absolute Gasteiger partial charge is 0.256 e. The number of halogens is 2. The minimum atomic E-state index is 0.301. The van der Waals surface area contributed by atoms with Crippen LogP contribution in [-0.4, -0.2) is 19.6 Å². The van der Waals surface area contributed by atoms with Crippen LogP contribution in [0.15, 0.2) is 36.7 Å². The van der Waals surface area contributed by atoms with E-state index in [0.29, 0.717) is 28.4 Å². The van der Waals surface area contributed by atoms with Crippen molar-refractivity contribution in [1.82, 2.24) is 19.6 Å². The second-order valence-electron chi connectivity index (χ2n) is 3.77. The van der Waals surface area contributed by atoms with Crippen LogP contribution in [0.2, 0.25) is 10.2 Å². The van der Waals surface area contributed by atoms with Gasteiger partial charge in [0.05, 0.1) is 0 Å². The molecule has 3 rings (SSSR count). The zero-order valence-electron chi connectivity index (χ0n) is 9.62. The number of nitrogens with zero attached hydrogens (tertiary/aromatic N) is 4. The van der Waals surface area contributed by atoms with E-state index in [-0.39, 0.29) is 0 Å². The predicted molar refractivity (Wildman–Crippen MR) is 71.6 cm³/mol. The van der Waals surface area contributed by atoms with Gasteiger partial charge in [0.15, 0.2) is 0 Å². The molecule has 0 bridgehead atoms. The Morgan fingerprint density at radius 1 is 1.21 bits per heavy atom. The van der Waals surface area contributed by atoms with Crippen molar-refractivity contribution in [3.05, 3.63) is 52.4 Å². The summed E-state index contributed by atoms with van der Waals surface area (Å²) in [6, 6.07) is 9.05. The highest BCUT2D eigenvalue weighted by Gasteiger charge is 2.08. The average molecular weight is 295 g/mol. The van der Waals surface area contributed by atoms with Crippen LogP contribution in [0.5, 0.6) is 5.88 Å². The Morgan fingerprint density at radius 2 is 2.05 bits per heavy atom. The molecule has 0 saturated carbocycles. The highest BCUT2D eigenvalue weighted by Crippen LogP contribution is 2.20. The van der Waals surface area contributed by atoms with E-state index in [0.717, 1.165) is 5.56 Å². The second kappa shape index (κ2) is 5.03. The molecule has 0 saturated heterocycles. The van der Waals surface area contributed by atoms with Crippen LogP contribution in [0, 0.1) is 0 Å². The normalized spacial score (nSPS) is 10.8. The summed E-state index contributed by atoms with van der Waals surface area (Å²) in [4.78, 5) is 7.98. The van der Waals surface area contributed by atoms with Crippen LogP contribution in [0.1, 0.15) is 5.56 Å². The van der Waals surface area contributed by atoms with Gasteiger partial charge in [-0.15, -0.1) is 0 Å². The molecule has 0 amide bonds. The fourth-order valence-corrected chi connectivity index (χ4v) is 1.99. The van der Waals surface area contributed by atoms with Crippen molar-refractivity contribution in [2.75, 3.05) is 0 Å². The topological polar surface area (TPSA) is 52.3 Å². The molecule has 0 aliphatic rings. The summed E-state index contributed by atoms with van der Waals surface area (Å²) in [6.07, 6.45) is 1.39. The number of ether oxygens (including phenoxy) is 1. The van der Waals surface area contributed by atoms with Crippen LogP contribution in [0.3, 0.4) is 0 Å². The molecule has 0 aliphatic heterocycles. The van der Waals surface area contributed by atoms with E-state index in [9.17, 15) is 0 Å². The molecule has 7 heteroatoms. The maximum atomic E-state index is 6.07. The first-order valence-corrected chi connectivity index (χ1v) is 6.22. The van der Waals surface area contributed by atoms with Crippen molar-refractivity contribution in [3.63, 3.8) is 0 Å². The second-order valence-corrected chi connectivity index (χ2v) is 4.56. The van der Waals surface area contributed by atoms with E-state index in [1.807, 2.05) is 24.3 Å². The summed E-state index contributed by atoms with van der Waals surface area (Å²) < 4.78 is 7.15. The predicted octanol–water partition coefficient (Wildman–Crippen LogP) is 3.01. The quantitative estimate of drug-likeness (QED) is 0.697. The van der Waals surface area contributed by atoms with Gasteiger partial charge in [-0.25, -0.2) is 0 Å². The number of benzene rings is 1. The minimum absolute atomic E-state index is 0.301. The Labute approximate surface area is 118 Å². The molecule has 0 spiro atoms. The van der Waals surface area contributed by atoms with Gasteiger partial charge in [-0.1, -0.05) is 41.4 Å². The molecular weight excluding hydrogens is 287 g/mol. The maximum Gasteiger partial charge on any atom is 0.256 e. The summed E-state index contributed by atoms with van der Waals surface area (Å²) in [7, 11) is 0. The number of hydrogen-bond donors (Lipinski definition) is 0. The molecule has 96 valence electrons. The minimum Gasteiger partial charge on any atom is -0.473 e. The van der Waals surface area contributed by atoms with E-state index in [1.165, 1.54) is 10.8 Å². The molecule has 0 fully saturated rings. The van der Waals surface area contributed by atoms with Gasteiger partial charge in [0.25, 0.3) is 5.78 Å². The number of aromatic nitrogens is 4. The lowest BCUT2D eigenvalue weighted by Crippen LogP contribution is -2.03. The van der Waals surface area contributed by atoms with Gasteiger partial charge in [-0.2, -0.15) is 19.6 Å². The van der Waals surface area contributed by atoms with Crippen LogP contribution >= 0.6 is 23.2 Å². The molecule has 0 unspecified atom stereocenters. The molecule has 0 atom stereocenters. The van der Waals surface area contributed by atoms with E-state index in [2.05, 4.69) is 15.1 Å². The van der Waals surface area contributed by atoms with Gasteiger partial charge >= 0.3 is 0 Å². The molecule has 0 N–H and O–H groups in total. The summed E-state index contributed by atoms with van der Waals surface area (Å²) in [5.74, 6) is 0.856. The van der Waals surface area contributed by atoms with Gasteiger partial charge < -0.3 is 4.74 Å². The first kappa shape index (κ1) is 12.2. The van der Waals surface area contributed by atoms with Crippen LogP contribution in [0.25, 0.3) is 5.78 Å². The first-order chi connectivity index (χ1) is 9.24. The zero-order valence-corrected chi connectivity index (χ0v) is 11.1. The third kappa shape index (κ3) is 2.47. The number of hydrogen-bond acceptors (Lipinski definition) is 4. The van der Waals surface area contributed by atoms with Gasteiger partial charge in [-0.3, -0.25) is 0 Å². The molecule has 2 aromatic heterocycles. The molecule has 0 aliphatic carbocycles. The van der Waals surface area contributed by atoms with E-state index in [1.54, 1.807) is 6.07 Å².